The Morgan fingerprint density at radius 3 is 2.32 bits per heavy atom. The van der Waals surface area contributed by atoms with Crippen LogP contribution in [0.1, 0.15) is 16.8 Å². The van der Waals surface area contributed by atoms with Crippen molar-refractivity contribution >= 4 is 40.0 Å². The van der Waals surface area contributed by atoms with Crippen molar-refractivity contribution < 1.29 is 26.1 Å². The second-order valence-corrected chi connectivity index (χ2v) is 8.70. The zero-order chi connectivity index (χ0) is 21.8. The molecule has 3 rings (SSSR count). The second-order valence-electron chi connectivity index (χ2n) is 6.73. The standard InChI is InChI=1S/C18H22F3N5O3S.HI/c1-22-17(23-12-14-2-4-15(5-3-14)18(19,20)21)25-7-9-26(10-8-25)30(27,28)13-16-6-11-29-24-16;/h2-6,11H,7-10,12-13H2,1H3,(H,22,23);1H. The van der Waals surface area contributed by atoms with Gasteiger partial charge in [0.05, 0.1) is 11.3 Å². The lowest BCUT2D eigenvalue weighted by atomic mass is 10.1. The molecule has 0 amide bonds. The topological polar surface area (TPSA) is 91.0 Å². The lowest BCUT2D eigenvalue weighted by Gasteiger charge is -2.35. The van der Waals surface area contributed by atoms with E-state index in [1.54, 1.807) is 7.05 Å². The maximum absolute atomic E-state index is 12.7. The summed E-state index contributed by atoms with van der Waals surface area (Å²) in [6, 6.07) is 6.42. The van der Waals surface area contributed by atoms with Crippen LogP contribution in [-0.2, 0) is 28.5 Å². The van der Waals surface area contributed by atoms with Crippen LogP contribution in [0.15, 0.2) is 46.1 Å². The van der Waals surface area contributed by atoms with Crippen molar-refractivity contribution in [3.63, 3.8) is 0 Å². The van der Waals surface area contributed by atoms with E-state index in [1.807, 2.05) is 4.90 Å². The number of guanidine groups is 1. The van der Waals surface area contributed by atoms with E-state index in [-0.39, 0.29) is 29.7 Å². The number of aliphatic imine (C=N–C) groups is 1. The van der Waals surface area contributed by atoms with Crippen LogP contribution >= 0.6 is 24.0 Å². The van der Waals surface area contributed by atoms with Crippen molar-refractivity contribution in [1.29, 1.82) is 0 Å². The van der Waals surface area contributed by atoms with E-state index in [0.717, 1.165) is 12.1 Å². The Labute approximate surface area is 195 Å². The first kappa shape index (κ1) is 25.4. The smallest absolute Gasteiger partial charge is 0.364 e. The molecule has 2 aromatic rings. The summed E-state index contributed by atoms with van der Waals surface area (Å²) in [6.45, 7) is 1.76. The van der Waals surface area contributed by atoms with Gasteiger partial charge >= 0.3 is 6.18 Å². The molecule has 31 heavy (non-hydrogen) atoms. The Morgan fingerprint density at radius 2 is 1.81 bits per heavy atom. The number of nitrogens with one attached hydrogen (secondary N) is 1. The highest BCUT2D eigenvalue weighted by Gasteiger charge is 2.30. The van der Waals surface area contributed by atoms with Crippen LogP contribution in [-0.4, -0.2) is 62.0 Å². The van der Waals surface area contributed by atoms with Gasteiger partial charge in [-0.3, -0.25) is 4.99 Å². The summed E-state index contributed by atoms with van der Waals surface area (Å²) in [6.07, 6.45) is -3.04. The minimum atomic E-state index is -4.37. The van der Waals surface area contributed by atoms with Gasteiger partial charge in [-0.1, -0.05) is 17.3 Å². The van der Waals surface area contributed by atoms with Gasteiger partial charge in [-0.15, -0.1) is 24.0 Å². The number of aromatic nitrogens is 1. The second kappa shape index (κ2) is 10.6. The summed E-state index contributed by atoms with van der Waals surface area (Å²) < 4.78 is 69.1. The van der Waals surface area contributed by atoms with Crippen LogP contribution in [0, 0.1) is 0 Å². The van der Waals surface area contributed by atoms with Gasteiger partial charge in [0.2, 0.25) is 10.0 Å². The fraction of sp³-hybridized carbons (Fsp3) is 0.444. The Balaban J connectivity index is 0.00000341. The van der Waals surface area contributed by atoms with Crippen molar-refractivity contribution in [1.82, 2.24) is 19.7 Å². The van der Waals surface area contributed by atoms with Gasteiger partial charge in [-0.25, -0.2) is 8.42 Å². The summed E-state index contributed by atoms with van der Waals surface area (Å²) in [5.41, 5.74) is 0.336. The van der Waals surface area contributed by atoms with Crippen LogP contribution in [0.3, 0.4) is 0 Å². The molecular weight excluding hydrogens is 550 g/mol. The molecule has 8 nitrogen and oxygen atoms in total. The predicted octanol–water partition coefficient (Wildman–Crippen LogP) is 2.53. The molecule has 0 aliphatic carbocycles. The lowest BCUT2D eigenvalue weighted by Crippen LogP contribution is -2.53. The molecule has 1 aliphatic rings. The van der Waals surface area contributed by atoms with E-state index >= 15 is 0 Å². The summed E-state index contributed by atoms with van der Waals surface area (Å²) in [4.78, 5) is 6.10. The number of piperazine rings is 1. The van der Waals surface area contributed by atoms with Gasteiger partial charge in [-0.05, 0) is 17.7 Å². The van der Waals surface area contributed by atoms with Crippen LogP contribution in [0.2, 0.25) is 0 Å². The van der Waals surface area contributed by atoms with Gasteiger partial charge in [0.1, 0.15) is 12.0 Å². The van der Waals surface area contributed by atoms with Gasteiger partial charge < -0.3 is 14.7 Å². The van der Waals surface area contributed by atoms with E-state index in [2.05, 4.69) is 20.0 Å². The first-order valence-corrected chi connectivity index (χ1v) is 10.8. The molecular formula is C18H23F3IN5O3S. The molecule has 1 aromatic carbocycles. The highest BCUT2D eigenvalue weighted by atomic mass is 127. The summed E-state index contributed by atoms with van der Waals surface area (Å²) >= 11 is 0. The molecule has 13 heteroatoms. The number of hydrogen-bond donors (Lipinski definition) is 1. The molecule has 0 unspecified atom stereocenters. The van der Waals surface area contributed by atoms with E-state index in [9.17, 15) is 21.6 Å². The van der Waals surface area contributed by atoms with Crippen molar-refractivity contribution in [3.05, 3.63) is 53.4 Å². The maximum atomic E-state index is 12.7. The van der Waals surface area contributed by atoms with E-state index in [4.69, 9.17) is 0 Å². The van der Waals surface area contributed by atoms with Gasteiger partial charge in [0.25, 0.3) is 0 Å². The average Bonchev–Trinajstić information content (AvgIpc) is 3.21. The van der Waals surface area contributed by atoms with Crippen molar-refractivity contribution in [2.75, 3.05) is 33.2 Å². The third-order valence-electron chi connectivity index (χ3n) is 4.70. The van der Waals surface area contributed by atoms with Crippen molar-refractivity contribution in [2.24, 2.45) is 4.99 Å². The normalized spacial score (nSPS) is 16.1. The molecule has 172 valence electrons. The van der Waals surface area contributed by atoms with Gasteiger partial charge in [0, 0.05) is 45.8 Å². The van der Waals surface area contributed by atoms with E-state index in [1.165, 1.54) is 28.8 Å². The summed E-state index contributed by atoms with van der Waals surface area (Å²) in [5, 5.41) is 6.75. The van der Waals surface area contributed by atoms with Crippen molar-refractivity contribution in [3.8, 4) is 0 Å². The van der Waals surface area contributed by atoms with E-state index in [0.29, 0.717) is 49.9 Å². The van der Waals surface area contributed by atoms with Crippen LogP contribution in [0.4, 0.5) is 13.2 Å². The van der Waals surface area contributed by atoms with Gasteiger partial charge in [-0.2, -0.15) is 17.5 Å². The maximum Gasteiger partial charge on any atom is 0.416 e. The van der Waals surface area contributed by atoms with Gasteiger partial charge in [0.15, 0.2) is 5.96 Å². The zero-order valence-electron chi connectivity index (χ0n) is 16.7. The van der Waals surface area contributed by atoms with Crippen LogP contribution in [0.25, 0.3) is 0 Å². The number of nitrogens with zero attached hydrogens (tertiary/aromatic N) is 4. The Hall–Kier alpha value is -1.87. The minimum absolute atomic E-state index is 0. The first-order valence-electron chi connectivity index (χ1n) is 9.18. The van der Waals surface area contributed by atoms with E-state index < -0.39 is 21.8 Å². The molecule has 0 saturated carbocycles. The fourth-order valence-corrected chi connectivity index (χ4v) is 4.52. The molecule has 0 atom stereocenters. The molecule has 1 saturated heterocycles. The Morgan fingerprint density at radius 1 is 1.16 bits per heavy atom. The first-order chi connectivity index (χ1) is 14.2. The third-order valence-corrected chi connectivity index (χ3v) is 6.51. The van der Waals surface area contributed by atoms with Crippen LogP contribution in [0.5, 0.6) is 0 Å². The highest BCUT2D eigenvalue weighted by molar-refractivity contribution is 14.0. The minimum Gasteiger partial charge on any atom is -0.364 e. The fourth-order valence-electron chi connectivity index (χ4n) is 3.09. The number of halogens is 4. The highest BCUT2D eigenvalue weighted by Crippen LogP contribution is 2.29. The Bertz CT molecular complexity index is 958. The number of benzene rings is 1. The predicted molar refractivity (Wildman–Crippen MR) is 119 cm³/mol. The molecule has 0 bridgehead atoms. The molecule has 0 radical (unpaired) electrons. The molecule has 0 spiro atoms. The lowest BCUT2D eigenvalue weighted by molar-refractivity contribution is -0.137. The quantitative estimate of drug-likeness (QED) is 0.336. The molecule has 1 fully saturated rings. The average molecular weight is 573 g/mol. The number of hydrogen-bond acceptors (Lipinski definition) is 5. The monoisotopic (exact) mass is 573 g/mol. The van der Waals surface area contributed by atoms with Crippen LogP contribution < -0.4 is 5.32 Å². The number of alkyl halides is 3. The largest absolute Gasteiger partial charge is 0.416 e. The molecule has 1 aliphatic heterocycles. The zero-order valence-corrected chi connectivity index (χ0v) is 19.8. The van der Waals surface area contributed by atoms with Crippen molar-refractivity contribution in [2.45, 2.75) is 18.5 Å². The summed E-state index contributed by atoms with van der Waals surface area (Å²) in [5.74, 6) is 0.341. The number of rotatable bonds is 5. The number of sulfonamides is 1. The molecule has 2 heterocycles. The summed E-state index contributed by atoms with van der Waals surface area (Å²) in [7, 11) is -1.90. The molecule has 1 N–H and O–H groups in total. The molecule has 1 aromatic heterocycles. The SMILES string of the molecule is CN=C(NCc1ccc(C(F)(F)F)cc1)N1CCN(S(=O)(=O)Cc2ccon2)CC1.I. The Kier molecular flexibility index (Phi) is 8.71. The third kappa shape index (κ3) is 6.80.